The van der Waals surface area contributed by atoms with E-state index in [0.717, 1.165) is 0 Å². The average molecular weight is 240 g/mol. The predicted octanol–water partition coefficient (Wildman–Crippen LogP) is 1.73. The number of benzene rings is 1. The second-order valence-corrected chi connectivity index (χ2v) is 3.71. The van der Waals surface area contributed by atoms with Crippen molar-refractivity contribution in [1.82, 2.24) is 0 Å². The van der Waals surface area contributed by atoms with Gasteiger partial charge in [-0.15, -0.1) is 0 Å². The Kier molecular flexibility index (Phi) is 5.80. The normalized spacial score (nSPS) is 12.2. The summed E-state index contributed by atoms with van der Waals surface area (Å²) in [4.78, 5) is 0. The molecule has 1 aromatic carbocycles. The Morgan fingerprint density at radius 3 is 2.59 bits per heavy atom. The van der Waals surface area contributed by atoms with Gasteiger partial charge in [0.25, 0.3) is 0 Å². The van der Waals surface area contributed by atoms with Gasteiger partial charge in [0, 0.05) is 5.56 Å². The summed E-state index contributed by atoms with van der Waals surface area (Å²) in [5, 5.41) is 18.7. The van der Waals surface area contributed by atoms with Crippen LogP contribution in [0.4, 0.5) is 0 Å². The van der Waals surface area contributed by atoms with Gasteiger partial charge in [-0.1, -0.05) is 19.1 Å². The van der Waals surface area contributed by atoms with Gasteiger partial charge in [-0.05, 0) is 19.4 Å². The molecule has 0 heterocycles. The number of ether oxygens (including phenoxy) is 2. The van der Waals surface area contributed by atoms with Crippen molar-refractivity contribution < 1.29 is 19.7 Å². The van der Waals surface area contributed by atoms with Crippen LogP contribution in [0.2, 0.25) is 0 Å². The molecule has 0 saturated heterocycles. The first-order valence-electron chi connectivity index (χ1n) is 5.89. The summed E-state index contributed by atoms with van der Waals surface area (Å²) in [5.74, 6) is 1.12. The van der Waals surface area contributed by atoms with Crippen molar-refractivity contribution in [3.8, 4) is 11.5 Å². The first-order valence-corrected chi connectivity index (χ1v) is 5.89. The van der Waals surface area contributed by atoms with Crippen LogP contribution >= 0.6 is 0 Å². The molecular formula is C13H20O4. The molecule has 4 heteroatoms. The Hall–Kier alpha value is -1.26. The van der Waals surface area contributed by atoms with Gasteiger partial charge in [-0.25, -0.2) is 0 Å². The molecule has 0 aromatic heterocycles. The van der Waals surface area contributed by atoms with Crippen molar-refractivity contribution in [2.75, 3.05) is 13.2 Å². The third-order valence-corrected chi connectivity index (χ3v) is 2.42. The largest absolute Gasteiger partial charge is 0.490 e. The van der Waals surface area contributed by atoms with Crippen LogP contribution in [0.25, 0.3) is 0 Å². The summed E-state index contributed by atoms with van der Waals surface area (Å²) in [6, 6.07) is 5.37. The van der Waals surface area contributed by atoms with E-state index in [4.69, 9.17) is 9.47 Å². The van der Waals surface area contributed by atoms with Crippen LogP contribution in [-0.4, -0.2) is 29.5 Å². The van der Waals surface area contributed by atoms with E-state index < -0.39 is 6.10 Å². The van der Waals surface area contributed by atoms with Gasteiger partial charge in [0.1, 0.15) is 6.61 Å². The Morgan fingerprint density at radius 1 is 1.24 bits per heavy atom. The van der Waals surface area contributed by atoms with E-state index in [1.165, 1.54) is 0 Å². The topological polar surface area (TPSA) is 58.9 Å². The molecule has 96 valence electrons. The first kappa shape index (κ1) is 13.8. The number of para-hydroxylation sites is 1. The minimum atomic E-state index is -0.503. The minimum absolute atomic E-state index is 0.113. The number of aliphatic hydroxyl groups excluding tert-OH is 2. The highest BCUT2D eigenvalue weighted by atomic mass is 16.5. The zero-order valence-electron chi connectivity index (χ0n) is 10.3. The van der Waals surface area contributed by atoms with Crippen LogP contribution in [0.1, 0.15) is 25.8 Å². The molecule has 0 aliphatic rings. The smallest absolute Gasteiger partial charge is 0.166 e. The third-order valence-electron chi connectivity index (χ3n) is 2.42. The summed E-state index contributed by atoms with van der Waals surface area (Å²) < 4.78 is 11.0. The van der Waals surface area contributed by atoms with Crippen molar-refractivity contribution in [1.29, 1.82) is 0 Å². The maximum atomic E-state index is 9.48. The quantitative estimate of drug-likeness (QED) is 0.762. The van der Waals surface area contributed by atoms with E-state index in [2.05, 4.69) is 0 Å². The Bertz CT molecular complexity index is 338. The maximum absolute atomic E-state index is 9.48. The van der Waals surface area contributed by atoms with E-state index in [9.17, 15) is 10.2 Å². The highest BCUT2D eigenvalue weighted by molar-refractivity contribution is 5.46. The van der Waals surface area contributed by atoms with Gasteiger partial charge in [0.05, 0.1) is 19.3 Å². The molecule has 1 unspecified atom stereocenters. The average Bonchev–Trinajstić information content (AvgIpc) is 2.36. The highest BCUT2D eigenvalue weighted by Crippen LogP contribution is 2.31. The number of hydrogen-bond acceptors (Lipinski definition) is 4. The minimum Gasteiger partial charge on any atom is -0.490 e. The van der Waals surface area contributed by atoms with Crippen LogP contribution in [-0.2, 0) is 6.61 Å². The fourth-order valence-corrected chi connectivity index (χ4v) is 1.42. The van der Waals surface area contributed by atoms with Crippen LogP contribution in [0, 0.1) is 0 Å². The van der Waals surface area contributed by atoms with Crippen LogP contribution in [0.15, 0.2) is 18.2 Å². The van der Waals surface area contributed by atoms with E-state index in [0.29, 0.717) is 30.1 Å². The predicted molar refractivity (Wildman–Crippen MR) is 65.3 cm³/mol. The van der Waals surface area contributed by atoms with Crippen molar-refractivity contribution in [2.24, 2.45) is 0 Å². The van der Waals surface area contributed by atoms with E-state index in [1.807, 2.05) is 13.8 Å². The van der Waals surface area contributed by atoms with Gasteiger partial charge in [0.2, 0.25) is 0 Å². The molecule has 0 bridgehead atoms. The summed E-state index contributed by atoms with van der Waals surface area (Å²) in [7, 11) is 0. The fraction of sp³-hybridized carbons (Fsp3) is 0.538. The molecular weight excluding hydrogens is 220 g/mol. The van der Waals surface area contributed by atoms with Gasteiger partial charge < -0.3 is 19.7 Å². The molecule has 0 aliphatic heterocycles. The summed E-state index contributed by atoms with van der Waals surface area (Å²) in [6.45, 7) is 4.39. The van der Waals surface area contributed by atoms with Gasteiger partial charge in [-0.2, -0.15) is 0 Å². The van der Waals surface area contributed by atoms with Gasteiger partial charge in [0.15, 0.2) is 11.5 Å². The molecule has 17 heavy (non-hydrogen) atoms. The molecule has 1 rings (SSSR count). The lowest BCUT2D eigenvalue weighted by Crippen LogP contribution is -2.17. The molecule has 0 saturated carbocycles. The van der Waals surface area contributed by atoms with Crippen LogP contribution in [0.3, 0.4) is 0 Å². The molecule has 4 nitrogen and oxygen atoms in total. The van der Waals surface area contributed by atoms with Gasteiger partial charge in [-0.3, -0.25) is 0 Å². The fourth-order valence-electron chi connectivity index (χ4n) is 1.42. The Balaban J connectivity index is 2.84. The molecule has 0 spiro atoms. The Labute approximate surface area is 102 Å². The summed E-state index contributed by atoms with van der Waals surface area (Å²) in [5.41, 5.74) is 0.666. The highest BCUT2D eigenvalue weighted by Gasteiger charge is 2.12. The van der Waals surface area contributed by atoms with Crippen LogP contribution < -0.4 is 9.47 Å². The standard InChI is InChI=1S/C13H20O4/c1-3-11(15)9-17-13-10(8-14)6-5-7-12(13)16-4-2/h5-7,11,14-15H,3-4,8-9H2,1-2H3. The van der Waals surface area contributed by atoms with Gasteiger partial charge >= 0.3 is 0 Å². The number of rotatable bonds is 7. The molecule has 1 atom stereocenters. The SMILES string of the molecule is CCOc1cccc(CO)c1OCC(O)CC. The number of hydrogen-bond donors (Lipinski definition) is 2. The first-order chi connectivity index (χ1) is 8.22. The zero-order chi connectivity index (χ0) is 12.7. The second-order valence-electron chi connectivity index (χ2n) is 3.71. The molecule has 1 aromatic rings. The molecule has 0 amide bonds. The lowest BCUT2D eigenvalue weighted by molar-refractivity contribution is 0.100. The van der Waals surface area contributed by atoms with Crippen molar-refractivity contribution in [3.05, 3.63) is 23.8 Å². The molecule has 0 radical (unpaired) electrons. The Morgan fingerprint density at radius 2 is 2.00 bits per heavy atom. The second kappa shape index (κ2) is 7.14. The van der Waals surface area contributed by atoms with E-state index in [1.54, 1.807) is 18.2 Å². The summed E-state index contributed by atoms with van der Waals surface area (Å²) >= 11 is 0. The summed E-state index contributed by atoms with van der Waals surface area (Å²) in [6.07, 6.45) is 0.127. The van der Waals surface area contributed by atoms with Crippen molar-refractivity contribution >= 4 is 0 Å². The monoisotopic (exact) mass is 240 g/mol. The van der Waals surface area contributed by atoms with Crippen LogP contribution in [0.5, 0.6) is 11.5 Å². The lowest BCUT2D eigenvalue weighted by atomic mass is 10.2. The molecule has 0 fully saturated rings. The van der Waals surface area contributed by atoms with E-state index in [-0.39, 0.29) is 13.2 Å². The van der Waals surface area contributed by atoms with E-state index >= 15 is 0 Å². The molecule has 0 aliphatic carbocycles. The number of aliphatic hydroxyl groups is 2. The van der Waals surface area contributed by atoms with Crippen molar-refractivity contribution in [2.45, 2.75) is 33.0 Å². The zero-order valence-corrected chi connectivity index (χ0v) is 10.3. The molecule has 2 N–H and O–H groups in total. The third kappa shape index (κ3) is 3.91. The van der Waals surface area contributed by atoms with Crippen molar-refractivity contribution in [3.63, 3.8) is 0 Å². The maximum Gasteiger partial charge on any atom is 0.166 e. The lowest BCUT2D eigenvalue weighted by Gasteiger charge is -2.16.